The Morgan fingerprint density at radius 1 is 1.16 bits per heavy atom. The molecule has 1 aliphatic heterocycles. The number of rotatable bonds is 9. The lowest BCUT2D eigenvalue weighted by molar-refractivity contribution is -0.769. The lowest BCUT2D eigenvalue weighted by Gasteiger charge is -2.29. The highest BCUT2D eigenvalue weighted by Crippen LogP contribution is 2.42. The topological polar surface area (TPSA) is 171 Å². The largest absolute Gasteiger partial charge is 0.478 e. The standard InChI is InChI=1S/C19H21N3O9/c1-4-12(31-22(28)29)9-30-19(25)16-11(3)20-10(2)15(18(23)24)17(16)13-7-5-6-8-14(13)21(26)27/h5-8,12,17,20H,4,9H2,1-3H3,(H,23,24). The normalized spacial score (nSPS) is 16.9. The molecule has 0 aliphatic carbocycles. The zero-order valence-electron chi connectivity index (χ0n) is 17.0. The summed E-state index contributed by atoms with van der Waals surface area (Å²) in [5.41, 5.74) is -0.284. The predicted molar refractivity (Wildman–Crippen MR) is 105 cm³/mol. The number of carbonyl (C=O) groups is 2. The molecular formula is C19H21N3O9. The van der Waals surface area contributed by atoms with Crippen molar-refractivity contribution in [3.63, 3.8) is 0 Å². The van der Waals surface area contributed by atoms with E-state index in [1.54, 1.807) is 6.92 Å². The van der Waals surface area contributed by atoms with Crippen LogP contribution in [-0.4, -0.2) is 39.8 Å². The first-order chi connectivity index (χ1) is 14.6. The lowest BCUT2D eigenvalue weighted by atomic mass is 9.79. The molecule has 31 heavy (non-hydrogen) atoms. The third-order valence-corrected chi connectivity index (χ3v) is 4.75. The molecule has 2 N–H and O–H groups in total. The second-order valence-electron chi connectivity index (χ2n) is 6.71. The van der Waals surface area contributed by atoms with Crippen molar-refractivity contribution in [1.29, 1.82) is 0 Å². The molecule has 0 aromatic heterocycles. The predicted octanol–water partition coefficient (Wildman–Crippen LogP) is 2.44. The fourth-order valence-electron chi connectivity index (χ4n) is 3.35. The number of carboxylic acids is 1. The van der Waals surface area contributed by atoms with Gasteiger partial charge in [-0.15, -0.1) is 10.1 Å². The van der Waals surface area contributed by atoms with Crippen LogP contribution in [0, 0.1) is 20.2 Å². The highest BCUT2D eigenvalue weighted by atomic mass is 17.0. The van der Waals surface area contributed by atoms with Crippen LogP contribution in [0.5, 0.6) is 0 Å². The molecule has 12 nitrogen and oxygen atoms in total. The molecule has 1 aliphatic rings. The number of carbonyl (C=O) groups excluding carboxylic acids is 1. The summed E-state index contributed by atoms with van der Waals surface area (Å²) in [7, 11) is 0. The third kappa shape index (κ3) is 5.15. The number of dihydropyridines is 1. The number of allylic oxidation sites excluding steroid dienone is 2. The molecular weight excluding hydrogens is 414 g/mol. The van der Waals surface area contributed by atoms with E-state index in [9.17, 15) is 34.9 Å². The van der Waals surface area contributed by atoms with E-state index in [0.717, 1.165) is 0 Å². The van der Waals surface area contributed by atoms with Gasteiger partial charge in [0.25, 0.3) is 10.8 Å². The first kappa shape index (κ1) is 23.3. The van der Waals surface area contributed by atoms with Gasteiger partial charge in [0.15, 0.2) is 0 Å². The number of hydrogen-bond donors (Lipinski definition) is 2. The Hall–Kier alpha value is -3.96. The summed E-state index contributed by atoms with van der Waals surface area (Å²) in [5.74, 6) is -3.62. The molecule has 0 fully saturated rings. The molecule has 1 aromatic rings. The lowest BCUT2D eigenvalue weighted by Crippen LogP contribution is -2.33. The highest BCUT2D eigenvalue weighted by Gasteiger charge is 2.40. The van der Waals surface area contributed by atoms with Crippen LogP contribution in [0.15, 0.2) is 46.8 Å². The number of carboxylic acid groups (broad SMARTS) is 1. The first-order valence-electron chi connectivity index (χ1n) is 9.21. The minimum atomic E-state index is -1.37. The van der Waals surface area contributed by atoms with Gasteiger partial charge in [-0.3, -0.25) is 10.1 Å². The summed E-state index contributed by atoms with van der Waals surface area (Å²) < 4.78 is 5.17. The van der Waals surface area contributed by atoms with E-state index in [2.05, 4.69) is 10.2 Å². The molecule has 2 unspecified atom stereocenters. The van der Waals surface area contributed by atoms with Crippen LogP contribution in [0.3, 0.4) is 0 Å². The molecule has 1 aromatic carbocycles. The number of nitro groups is 1. The van der Waals surface area contributed by atoms with E-state index >= 15 is 0 Å². The minimum Gasteiger partial charge on any atom is -0.478 e. The van der Waals surface area contributed by atoms with E-state index in [1.165, 1.54) is 38.1 Å². The molecule has 0 saturated heterocycles. The average molecular weight is 435 g/mol. The van der Waals surface area contributed by atoms with E-state index in [4.69, 9.17) is 4.74 Å². The molecule has 2 atom stereocenters. The van der Waals surface area contributed by atoms with E-state index in [1.807, 2.05) is 0 Å². The van der Waals surface area contributed by atoms with Crippen LogP contribution in [-0.2, 0) is 19.2 Å². The van der Waals surface area contributed by atoms with Gasteiger partial charge in [-0.2, -0.15) is 0 Å². The zero-order chi connectivity index (χ0) is 23.3. The van der Waals surface area contributed by atoms with Crippen molar-refractivity contribution in [1.82, 2.24) is 5.32 Å². The van der Waals surface area contributed by atoms with E-state index < -0.39 is 40.6 Å². The molecule has 12 heteroatoms. The number of ether oxygens (including phenoxy) is 1. The molecule has 2 rings (SSSR count). The van der Waals surface area contributed by atoms with E-state index in [-0.39, 0.29) is 40.2 Å². The number of esters is 1. The van der Waals surface area contributed by atoms with Crippen LogP contribution in [0.2, 0.25) is 0 Å². The maximum absolute atomic E-state index is 12.9. The van der Waals surface area contributed by atoms with Crippen LogP contribution in [0.1, 0.15) is 38.7 Å². The Kier molecular flexibility index (Phi) is 7.29. The first-order valence-corrected chi connectivity index (χ1v) is 9.21. The van der Waals surface area contributed by atoms with Gasteiger partial charge in [-0.25, -0.2) is 9.59 Å². The smallest absolute Gasteiger partial charge is 0.336 e. The summed E-state index contributed by atoms with van der Waals surface area (Å²) in [6, 6.07) is 5.50. The Labute approximate surface area is 176 Å². The fourth-order valence-corrected chi connectivity index (χ4v) is 3.35. The molecule has 166 valence electrons. The maximum atomic E-state index is 12.9. The number of para-hydroxylation sites is 1. The number of nitrogens with one attached hydrogen (secondary N) is 1. The van der Waals surface area contributed by atoms with Crippen molar-refractivity contribution in [3.8, 4) is 0 Å². The van der Waals surface area contributed by atoms with E-state index in [0.29, 0.717) is 0 Å². The summed E-state index contributed by atoms with van der Waals surface area (Å²) in [6.45, 7) is 4.13. The number of aliphatic carboxylic acids is 1. The Morgan fingerprint density at radius 2 is 1.77 bits per heavy atom. The van der Waals surface area contributed by atoms with Gasteiger partial charge in [-0.1, -0.05) is 25.1 Å². The van der Waals surface area contributed by atoms with Gasteiger partial charge in [-0.05, 0) is 20.3 Å². The zero-order valence-corrected chi connectivity index (χ0v) is 17.0. The summed E-state index contributed by atoms with van der Waals surface area (Å²) in [6.07, 6.45) is -0.838. The Bertz CT molecular complexity index is 984. The summed E-state index contributed by atoms with van der Waals surface area (Å²) in [5, 5.41) is 33.7. The van der Waals surface area contributed by atoms with Gasteiger partial charge < -0.3 is 20.0 Å². The SMILES string of the molecule is CCC(COC(=O)C1=C(C)NC(C)=C(C(=O)O)C1c1ccccc1[N+](=O)[O-])O[N+](=O)[O-]. The third-order valence-electron chi connectivity index (χ3n) is 4.75. The number of nitro benzene ring substituents is 1. The van der Waals surface area contributed by atoms with Gasteiger partial charge in [0.1, 0.15) is 12.7 Å². The quantitative estimate of drug-likeness (QED) is 0.333. The minimum absolute atomic E-state index is 0.00522. The van der Waals surface area contributed by atoms with Crippen molar-refractivity contribution in [2.45, 2.75) is 39.2 Å². The number of hydrogen-bond acceptors (Lipinski definition) is 9. The average Bonchev–Trinajstić information content (AvgIpc) is 2.69. The molecule has 0 bridgehead atoms. The molecule has 0 spiro atoms. The summed E-state index contributed by atoms with van der Waals surface area (Å²) >= 11 is 0. The molecule has 0 amide bonds. The molecule has 1 heterocycles. The van der Waals surface area contributed by atoms with Crippen LogP contribution >= 0.6 is 0 Å². The van der Waals surface area contributed by atoms with Gasteiger partial charge in [0, 0.05) is 23.0 Å². The monoisotopic (exact) mass is 435 g/mol. The second kappa shape index (κ2) is 9.69. The Balaban J connectivity index is 2.52. The Morgan fingerprint density at radius 3 is 2.32 bits per heavy atom. The highest BCUT2D eigenvalue weighted by molar-refractivity contribution is 5.99. The van der Waals surface area contributed by atoms with Crippen LogP contribution in [0.4, 0.5) is 5.69 Å². The maximum Gasteiger partial charge on any atom is 0.336 e. The summed E-state index contributed by atoms with van der Waals surface area (Å²) in [4.78, 5) is 50.8. The van der Waals surface area contributed by atoms with Crippen LogP contribution < -0.4 is 5.32 Å². The van der Waals surface area contributed by atoms with Gasteiger partial charge >= 0.3 is 11.9 Å². The fraction of sp³-hybridized carbons (Fsp3) is 0.368. The van der Waals surface area contributed by atoms with Crippen molar-refractivity contribution < 1.29 is 34.3 Å². The van der Waals surface area contributed by atoms with Gasteiger partial charge in [0.05, 0.1) is 22.0 Å². The van der Waals surface area contributed by atoms with Gasteiger partial charge in [0.2, 0.25) is 0 Å². The van der Waals surface area contributed by atoms with Crippen molar-refractivity contribution in [2.24, 2.45) is 0 Å². The number of nitrogens with zero attached hydrogens (tertiary/aromatic N) is 2. The second-order valence-corrected chi connectivity index (χ2v) is 6.71. The molecule has 0 saturated carbocycles. The van der Waals surface area contributed by atoms with Crippen molar-refractivity contribution in [3.05, 3.63) is 72.6 Å². The van der Waals surface area contributed by atoms with Crippen molar-refractivity contribution in [2.75, 3.05) is 6.61 Å². The number of benzene rings is 1. The van der Waals surface area contributed by atoms with Crippen molar-refractivity contribution >= 4 is 17.6 Å². The van der Waals surface area contributed by atoms with Crippen LogP contribution in [0.25, 0.3) is 0 Å². The molecule has 0 radical (unpaired) electrons.